The summed E-state index contributed by atoms with van der Waals surface area (Å²) in [6.07, 6.45) is 2.38. The third kappa shape index (κ3) is 4.11. The summed E-state index contributed by atoms with van der Waals surface area (Å²) >= 11 is 0. The van der Waals surface area contributed by atoms with Crippen LogP contribution in [-0.4, -0.2) is 86.5 Å². The second-order valence-electron chi connectivity index (χ2n) is 7.07. The van der Waals surface area contributed by atoms with Crippen LogP contribution in [0.15, 0.2) is 10.7 Å². The molecule has 2 aliphatic rings. The molecule has 9 nitrogen and oxygen atoms in total. The highest BCUT2D eigenvalue weighted by Gasteiger charge is 2.25. The number of nitrogens with zero attached hydrogens (tertiary/aromatic N) is 4. The third-order valence-corrected chi connectivity index (χ3v) is 5.22. The fraction of sp³-hybridized carbons (Fsp3) is 0.632. The van der Waals surface area contributed by atoms with E-state index in [2.05, 4.69) is 25.1 Å². The molecule has 9 heteroatoms. The van der Waals surface area contributed by atoms with E-state index in [-0.39, 0.29) is 5.91 Å². The number of fused-ring (bicyclic) bond motifs is 1. The van der Waals surface area contributed by atoms with E-state index in [1.807, 2.05) is 0 Å². The number of carbonyl (C=O) groups excluding carboxylic acids is 1. The van der Waals surface area contributed by atoms with Crippen LogP contribution in [0.2, 0.25) is 0 Å². The van der Waals surface area contributed by atoms with Crippen molar-refractivity contribution in [1.29, 1.82) is 0 Å². The summed E-state index contributed by atoms with van der Waals surface area (Å²) in [5.74, 6) is 1.17. The van der Waals surface area contributed by atoms with Gasteiger partial charge in [0.1, 0.15) is 17.9 Å². The van der Waals surface area contributed by atoms with Crippen molar-refractivity contribution in [3.05, 3.63) is 17.7 Å². The van der Waals surface area contributed by atoms with Crippen molar-refractivity contribution < 1.29 is 18.7 Å². The molecular weight excluding hydrogens is 362 g/mol. The maximum absolute atomic E-state index is 12.9. The Kier molecular flexibility index (Phi) is 6.04. The molecule has 1 N–H and O–H groups in total. The Morgan fingerprint density at radius 1 is 1.11 bits per heavy atom. The number of nitrogens with one attached hydrogen (secondary N) is 1. The first-order valence-electron chi connectivity index (χ1n) is 9.89. The predicted molar refractivity (Wildman–Crippen MR) is 104 cm³/mol. The van der Waals surface area contributed by atoms with E-state index in [1.165, 1.54) is 6.33 Å². The molecular formula is C19H27N5O4. The second kappa shape index (κ2) is 8.85. The quantitative estimate of drug-likeness (QED) is 0.726. The van der Waals surface area contributed by atoms with Gasteiger partial charge in [-0.25, -0.2) is 9.97 Å². The molecule has 0 unspecified atom stereocenters. The lowest BCUT2D eigenvalue weighted by atomic mass is 10.1. The van der Waals surface area contributed by atoms with E-state index in [0.717, 1.165) is 58.2 Å². The Hall–Kier alpha value is -2.23. The summed E-state index contributed by atoms with van der Waals surface area (Å²) in [5.41, 5.74) is 0.982. The van der Waals surface area contributed by atoms with Gasteiger partial charge in [-0.3, -0.25) is 9.69 Å². The number of aromatic nitrogens is 2. The molecule has 28 heavy (non-hydrogen) atoms. The maximum Gasteiger partial charge on any atom is 0.255 e. The predicted octanol–water partition coefficient (Wildman–Crippen LogP) is 0.820. The third-order valence-electron chi connectivity index (χ3n) is 5.22. The lowest BCUT2D eigenvalue weighted by molar-refractivity contribution is 0.0374. The molecule has 152 valence electrons. The topological polar surface area (TPSA) is 93.0 Å². The molecule has 0 aromatic carbocycles. The zero-order chi connectivity index (χ0) is 19.3. The fourth-order valence-electron chi connectivity index (χ4n) is 3.74. The van der Waals surface area contributed by atoms with Gasteiger partial charge in [0.25, 0.3) is 5.91 Å². The fourth-order valence-corrected chi connectivity index (χ4v) is 3.74. The van der Waals surface area contributed by atoms with Crippen LogP contribution in [0.3, 0.4) is 0 Å². The molecule has 2 fully saturated rings. The van der Waals surface area contributed by atoms with Gasteiger partial charge in [-0.2, -0.15) is 0 Å². The molecule has 0 bridgehead atoms. The molecule has 0 saturated carbocycles. The van der Waals surface area contributed by atoms with Crippen LogP contribution in [-0.2, 0) is 9.47 Å². The Bertz CT molecular complexity index is 812. The average molecular weight is 389 g/mol. The van der Waals surface area contributed by atoms with Crippen LogP contribution in [0.1, 0.15) is 22.5 Å². The SMILES string of the molecule is Cc1oc2ncnc(N3CCOCC3)c2c1C(=O)NCCCN1CCOCC1. The van der Waals surface area contributed by atoms with Gasteiger partial charge in [-0.1, -0.05) is 0 Å². The van der Waals surface area contributed by atoms with E-state index in [9.17, 15) is 4.79 Å². The van der Waals surface area contributed by atoms with Crippen LogP contribution in [0.4, 0.5) is 5.82 Å². The highest BCUT2D eigenvalue weighted by molar-refractivity contribution is 6.10. The van der Waals surface area contributed by atoms with Gasteiger partial charge in [0.15, 0.2) is 0 Å². The minimum Gasteiger partial charge on any atom is -0.442 e. The van der Waals surface area contributed by atoms with Crippen molar-refractivity contribution in [3.8, 4) is 0 Å². The molecule has 4 rings (SSSR count). The number of rotatable bonds is 6. The van der Waals surface area contributed by atoms with E-state index >= 15 is 0 Å². The number of hydrogen-bond donors (Lipinski definition) is 1. The highest BCUT2D eigenvalue weighted by atomic mass is 16.5. The van der Waals surface area contributed by atoms with Gasteiger partial charge >= 0.3 is 0 Å². The highest BCUT2D eigenvalue weighted by Crippen LogP contribution is 2.31. The molecule has 2 saturated heterocycles. The number of hydrogen-bond acceptors (Lipinski definition) is 8. The van der Waals surface area contributed by atoms with E-state index in [0.29, 0.717) is 42.2 Å². The van der Waals surface area contributed by atoms with Crippen molar-refractivity contribution >= 4 is 22.8 Å². The number of morpholine rings is 2. The molecule has 2 aliphatic heterocycles. The van der Waals surface area contributed by atoms with Crippen molar-refractivity contribution in [2.24, 2.45) is 0 Å². The number of furan rings is 1. The lowest BCUT2D eigenvalue weighted by Gasteiger charge is -2.28. The largest absolute Gasteiger partial charge is 0.442 e. The Morgan fingerprint density at radius 3 is 2.57 bits per heavy atom. The molecule has 0 radical (unpaired) electrons. The van der Waals surface area contributed by atoms with E-state index in [4.69, 9.17) is 13.9 Å². The van der Waals surface area contributed by atoms with E-state index < -0.39 is 0 Å². The minimum atomic E-state index is -0.137. The van der Waals surface area contributed by atoms with Gasteiger partial charge in [0, 0.05) is 32.7 Å². The molecule has 0 aliphatic carbocycles. The minimum absolute atomic E-state index is 0.137. The van der Waals surface area contributed by atoms with Gasteiger partial charge in [0.2, 0.25) is 5.71 Å². The molecule has 2 aromatic heterocycles. The van der Waals surface area contributed by atoms with Gasteiger partial charge in [-0.05, 0) is 19.9 Å². The maximum atomic E-state index is 12.9. The normalized spacial score (nSPS) is 18.5. The molecule has 1 amide bonds. The van der Waals surface area contributed by atoms with Crippen LogP contribution in [0.5, 0.6) is 0 Å². The van der Waals surface area contributed by atoms with Crippen LogP contribution >= 0.6 is 0 Å². The lowest BCUT2D eigenvalue weighted by Crippen LogP contribution is -2.38. The summed E-state index contributed by atoms with van der Waals surface area (Å²) in [6, 6.07) is 0. The Balaban J connectivity index is 1.46. The average Bonchev–Trinajstić information content (AvgIpc) is 3.08. The first-order chi connectivity index (χ1) is 13.7. The first kappa shape index (κ1) is 19.1. The molecule has 0 atom stereocenters. The number of amides is 1. The van der Waals surface area contributed by atoms with Gasteiger partial charge in [-0.15, -0.1) is 0 Å². The first-order valence-corrected chi connectivity index (χ1v) is 9.89. The Labute approximate surface area is 164 Å². The summed E-state index contributed by atoms with van der Waals surface area (Å²) < 4.78 is 16.6. The molecule has 2 aromatic rings. The van der Waals surface area contributed by atoms with Gasteiger partial charge in [0.05, 0.1) is 37.4 Å². The monoisotopic (exact) mass is 389 g/mol. The van der Waals surface area contributed by atoms with Crippen LogP contribution in [0, 0.1) is 6.92 Å². The Morgan fingerprint density at radius 2 is 1.82 bits per heavy atom. The van der Waals surface area contributed by atoms with E-state index in [1.54, 1.807) is 6.92 Å². The van der Waals surface area contributed by atoms with Crippen molar-refractivity contribution in [3.63, 3.8) is 0 Å². The number of anilines is 1. The smallest absolute Gasteiger partial charge is 0.255 e. The van der Waals surface area contributed by atoms with Crippen molar-refractivity contribution in [2.45, 2.75) is 13.3 Å². The second-order valence-corrected chi connectivity index (χ2v) is 7.07. The molecule has 0 spiro atoms. The standard InChI is InChI=1S/C19H27N5O4/c1-14-15(18(25)20-3-2-4-23-5-9-26-10-6-23)16-17(21-13-22-19(16)28-14)24-7-11-27-12-8-24/h13H,2-12H2,1H3,(H,20,25). The summed E-state index contributed by atoms with van der Waals surface area (Å²) in [7, 11) is 0. The van der Waals surface area contributed by atoms with Crippen molar-refractivity contribution in [1.82, 2.24) is 20.2 Å². The van der Waals surface area contributed by atoms with Crippen molar-refractivity contribution in [2.75, 3.05) is 70.6 Å². The summed E-state index contributed by atoms with van der Waals surface area (Å²) in [6.45, 7) is 9.62. The zero-order valence-corrected chi connectivity index (χ0v) is 16.3. The van der Waals surface area contributed by atoms with Gasteiger partial charge < -0.3 is 24.1 Å². The summed E-state index contributed by atoms with van der Waals surface area (Å²) in [4.78, 5) is 26.1. The zero-order valence-electron chi connectivity index (χ0n) is 16.3. The number of carbonyl (C=O) groups is 1. The summed E-state index contributed by atoms with van der Waals surface area (Å²) in [5, 5.41) is 3.72. The molecule has 4 heterocycles. The number of aryl methyl sites for hydroxylation is 1. The van der Waals surface area contributed by atoms with Crippen LogP contribution < -0.4 is 10.2 Å². The number of ether oxygens (including phenoxy) is 2. The van der Waals surface area contributed by atoms with Crippen LogP contribution in [0.25, 0.3) is 11.1 Å².